The van der Waals surface area contributed by atoms with Crippen LogP contribution in [0.1, 0.15) is 60.6 Å². The van der Waals surface area contributed by atoms with Crippen molar-refractivity contribution < 1.29 is 18.8 Å². The third-order valence-electron chi connectivity index (χ3n) is 5.97. The van der Waals surface area contributed by atoms with Crippen LogP contribution in [0.3, 0.4) is 0 Å². The van der Waals surface area contributed by atoms with E-state index >= 15 is 0 Å². The van der Waals surface area contributed by atoms with Gasteiger partial charge in [-0.3, -0.25) is 10.1 Å². The van der Waals surface area contributed by atoms with Crippen LogP contribution >= 0.6 is 12.4 Å². The summed E-state index contributed by atoms with van der Waals surface area (Å²) in [5.74, 6) is -0.945. The van der Waals surface area contributed by atoms with E-state index in [1.54, 1.807) is 12.1 Å². The maximum absolute atomic E-state index is 14.0. The molecule has 0 saturated heterocycles. The van der Waals surface area contributed by atoms with Crippen LogP contribution in [-0.2, 0) is 4.74 Å². The molecule has 1 atom stereocenters. The molecule has 0 bridgehead atoms. The highest BCUT2D eigenvalue weighted by Gasteiger charge is 2.37. The van der Waals surface area contributed by atoms with Crippen LogP contribution in [0.15, 0.2) is 48.5 Å². The quantitative estimate of drug-likeness (QED) is 0.274. The molecular weight excluding hydrogens is 435 g/mol. The first-order valence-electron chi connectivity index (χ1n) is 10.6. The van der Waals surface area contributed by atoms with Crippen molar-refractivity contribution >= 4 is 24.1 Å². The molecule has 0 amide bonds. The fourth-order valence-electron chi connectivity index (χ4n) is 4.64. The molecular formula is C24H30ClFN2O4. The number of nitrogens with zero attached hydrogens (tertiary/aromatic N) is 2. The standard InChI is InChI=1S/C24H29FN2O4.ClH/c1-26(2)17-24(13-4-3-5-14-24)16-22(19-7-6-8-20(25)15-19)31-23(28)18-9-11-21(12-10-18)27(29)30;/h6-12,15,22H,3-5,13-14,16-17H2,1-2H3;1H. The highest BCUT2D eigenvalue weighted by Crippen LogP contribution is 2.44. The van der Waals surface area contributed by atoms with Crippen molar-refractivity contribution in [3.8, 4) is 0 Å². The molecule has 6 nitrogen and oxygen atoms in total. The van der Waals surface area contributed by atoms with E-state index in [4.69, 9.17) is 4.74 Å². The molecule has 3 rings (SSSR count). The third kappa shape index (κ3) is 6.74. The SMILES string of the molecule is CN(C)CC1(CC(OC(=O)c2ccc([N+](=O)[O-])cc2)c2cccc(F)c2)CCCCC1.Cl. The average molecular weight is 465 g/mol. The van der Waals surface area contributed by atoms with Gasteiger partial charge in [0, 0.05) is 18.7 Å². The average Bonchev–Trinajstić information content (AvgIpc) is 2.73. The molecule has 0 radical (unpaired) electrons. The lowest BCUT2D eigenvalue weighted by atomic mass is 9.69. The Kier molecular flexibility index (Phi) is 9.16. The van der Waals surface area contributed by atoms with Crippen molar-refractivity contribution in [3.05, 3.63) is 75.6 Å². The minimum absolute atomic E-state index is 0. The smallest absolute Gasteiger partial charge is 0.338 e. The van der Waals surface area contributed by atoms with E-state index in [-0.39, 0.29) is 34.9 Å². The van der Waals surface area contributed by atoms with Gasteiger partial charge in [0.2, 0.25) is 0 Å². The van der Waals surface area contributed by atoms with Gasteiger partial charge in [-0.25, -0.2) is 9.18 Å². The van der Waals surface area contributed by atoms with Gasteiger partial charge in [0.05, 0.1) is 10.5 Å². The number of carbonyl (C=O) groups is 1. The molecule has 1 fully saturated rings. The van der Waals surface area contributed by atoms with E-state index in [0.29, 0.717) is 12.0 Å². The molecule has 1 aliphatic rings. The molecule has 0 aliphatic heterocycles. The second kappa shape index (κ2) is 11.4. The largest absolute Gasteiger partial charge is 0.454 e. The van der Waals surface area contributed by atoms with Gasteiger partial charge in [-0.05, 0) is 68.6 Å². The van der Waals surface area contributed by atoms with Crippen LogP contribution in [0.25, 0.3) is 0 Å². The number of hydrogen-bond donors (Lipinski definition) is 0. The summed E-state index contributed by atoms with van der Waals surface area (Å²) < 4.78 is 19.9. The maximum Gasteiger partial charge on any atom is 0.338 e. The van der Waals surface area contributed by atoms with Gasteiger partial charge >= 0.3 is 5.97 Å². The van der Waals surface area contributed by atoms with Gasteiger partial charge in [0.1, 0.15) is 11.9 Å². The maximum atomic E-state index is 14.0. The van der Waals surface area contributed by atoms with Crippen molar-refractivity contribution in [2.24, 2.45) is 5.41 Å². The Morgan fingerprint density at radius 2 is 1.81 bits per heavy atom. The summed E-state index contributed by atoms with van der Waals surface area (Å²) in [4.78, 5) is 25.4. The molecule has 32 heavy (non-hydrogen) atoms. The molecule has 1 aliphatic carbocycles. The number of carbonyl (C=O) groups excluding carboxylic acids is 1. The number of esters is 1. The van der Waals surface area contributed by atoms with Gasteiger partial charge < -0.3 is 9.64 Å². The highest BCUT2D eigenvalue weighted by molar-refractivity contribution is 5.89. The first kappa shape index (κ1) is 25.7. The van der Waals surface area contributed by atoms with E-state index in [1.807, 2.05) is 14.1 Å². The van der Waals surface area contributed by atoms with Crippen LogP contribution in [0, 0.1) is 21.3 Å². The van der Waals surface area contributed by atoms with Crippen LogP contribution in [0.5, 0.6) is 0 Å². The van der Waals surface area contributed by atoms with E-state index in [0.717, 1.165) is 32.2 Å². The van der Waals surface area contributed by atoms with E-state index in [2.05, 4.69) is 4.90 Å². The Bertz CT molecular complexity index is 914. The lowest BCUT2D eigenvalue weighted by Crippen LogP contribution is -2.37. The minimum Gasteiger partial charge on any atom is -0.454 e. The normalized spacial score (nSPS) is 16.1. The molecule has 174 valence electrons. The lowest BCUT2D eigenvalue weighted by molar-refractivity contribution is -0.384. The highest BCUT2D eigenvalue weighted by atomic mass is 35.5. The molecule has 0 aromatic heterocycles. The molecule has 0 heterocycles. The van der Waals surface area contributed by atoms with Gasteiger partial charge in [-0.2, -0.15) is 0 Å². The number of nitro groups is 1. The Labute approximate surface area is 194 Å². The zero-order valence-corrected chi connectivity index (χ0v) is 19.3. The monoisotopic (exact) mass is 464 g/mol. The van der Waals surface area contributed by atoms with Crippen molar-refractivity contribution in [3.63, 3.8) is 0 Å². The number of halogens is 2. The van der Waals surface area contributed by atoms with E-state index in [1.165, 1.54) is 42.8 Å². The second-order valence-electron chi connectivity index (χ2n) is 8.76. The molecule has 1 unspecified atom stereocenters. The molecule has 1 saturated carbocycles. The summed E-state index contributed by atoms with van der Waals surface area (Å²) in [6.07, 6.45) is 5.52. The molecule has 2 aromatic carbocycles. The summed E-state index contributed by atoms with van der Waals surface area (Å²) >= 11 is 0. The second-order valence-corrected chi connectivity index (χ2v) is 8.76. The van der Waals surface area contributed by atoms with Gasteiger partial charge in [0.25, 0.3) is 5.69 Å². The van der Waals surface area contributed by atoms with Crippen molar-refractivity contribution in [2.75, 3.05) is 20.6 Å². The number of nitro benzene ring substituents is 1. The third-order valence-corrected chi connectivity index (χ3v) is 5.97. The summed E-state index contributed by atoms with van der Waals surface area (Å²) in [6, 6.07) is 11.5. The lowest BCUT2D eigenvalue weighted by Gasteiger charge is -2.41. The van der Waals surface area contributed by atoms with Gasteiger partial charge in [0.15, 0.2) is 0 Å². The summed E-state index contributed by atoms with van der Waals surface area (Å²) in [5, 5.41) is 10.9. The van der Waals surface area contributed by atoms with Crippen LogP contribution in [0.4, 0.5) is 10.1 Å². The molecule has 0 spiro atoms. The zero-order chi connectivity index (χ0) is 22.4. The number of hydrogen-bond acceptors (Lipinski definition) is 5. The van der Waals surface area contributed by atoms with Crippen LogP contribution in [0.2, 0.25) is 0 Å². The van der Waals surface area contributed by atoms with E-state index in [9.17, 15) is 19.3 Å². The number of ether oxygens (including phenoxy) is 1. The minimum atomic E-state index is -0.601. The topological polar surface area (TPSA) is 72.7 Å². The summed E-state index contributed by atoms with van der Waals surface area (Å²) in [5.41, 5.74) is 0.746. The molecule has 0 N–H and O–H groups in total. The zero-order valence-electron chi connectivity index (χ0n) is 18.5. The predicted octanol–water partition coefficient (Wildman–Crippen LogP) is 5.96. The number of benzene rings is 2. The number of rotatable bonds is 8. The van der Waals surface area contributed by atoms with Gasteiger partial charge in [-0.15, -0.1) is 12.4 Å². The predicted molar refractivity (Wildman–Crippen MR) is 124 cm³/mol. The Morgan fingerprint density at radius 1 is 1.16 bits per heavy atom. The van der Waals surface area contributed by atoms with Gasteiger partial charge in [-0.1, -0.05) is 31.4 Å². The fraction of sp³-hybridized carbons (Fsp3) is 0.458. The summed E-state index contributed by atoms with van der Waals surface area (Å²) in [6.45, 7) is 0.869. The fourth-order valence-corrected chi connectivity index (χ4v) is 4.64. The van der Waals surface area contributed by atoms with Crippen LogP contribution in [-0.4, -0.2) is 36.4 Å². The Balaban J connectivity index is 0.00000363. The Hall–Kier alpha value is -2.51. The van der Waals surface area contributed by atoms with Crippen molar-refractivity contribution in [1.82, 2.24) is 4.90 Å². The number of non-ortho nitro benzene ring substituents is 1. The van der Waals surface area contributed by atoms with Crippen molar-refractivity contribution in [2.45, 2.75) is 44.6 Å². The molecule has 8 heteroatoms. The first-order valence-corrected chi connectivity index (χ1v) is 10.6. The van der Waals surface area contributed by atoms with Crippen molar-refractivity contribution in [1.29, 1.82) is 0 Å². The van der Waals surface area contributed by atoms with E-state index < -0.39 is 17.0 Å². The summed E-state index contributed by atoms with van der Waals surface area (Å²) in [7, 11) is 4.08. The Morgan fingerprint density at radius 3 is 2.38 bits per heavy atom. The first-order chi connectivity index (χ1) is 14.8. The van der Waals surface area contributed by atoms with Crippen LogP contribution < -0.4 is 0 Å². The molecule has 2 aromatic rings.